The van der Waals surface area contributed by atoms with Crippen molar-refractivity contribution in [1.29, 1.82) is 5.26 Å². The Balaban J connectivity index is 2.98. The van der Waals surface area contributed by atoms with Gasteiger partial charge in [0.1, 0.15) is 6.07 Å². The molecule has 1 aromatic heterocycles. The normalized spacial score (nSPS) is 10.1. The molecule has 5 heteroatoms. The minimum absolute atomic E-state index is 0.403. The maximum atomic E-state index is 8.95. The van der Waals surface area contributed by atoms with Crippen LogP contribution in [0.2, 0.25) is 5.02 Å². The predicted molar refractivity (Wildman–Crippen MR) is 64.0 cm³/mol. The highest BCUT2D eigenvalue weighted by molar-refractivity contribution is 6.35. The lowest BCUT2D eigenvalue weighted by molar-refractivity contribution is 1.30. The Labute approximate surface area is 97.6 Å². The largest absolute Gasteiger partial charge is 0.322 e. The summed E-state index contributed by atoms with van der Waals surface area (Å²) in [6.45, 7) is 1.92. The average Bonchev–Trinajstić information content (AvgIpc) is 2.32. The summed E-state index contributed by atoms with van der Waals surface area (Å²) in [5.41, 5.74) is 5.12. The second-order valence-corrected chi connectivity index (χ2v) is 3.80. The summed E-state index contributed by atoms with van der Waals surface area (Å²) < 4.78 is 0. The molecule has 0 aliphatic carbocycles. The van der Waals surface area contributed by atoms with E-state index in [-0.39, 0.29) is 0 Å². The first-order chi connectivity index (χ1) is 7.69. The van der Waals surface area contributed by atoms with E-state index in [0.29, 0.717) is 21.8 Å². The Morgan fingerprint density at radius 3 is 2.88 bits per heavy atom. The number of nitrogens with one attached hydrogen (secondary N) is 1. The number of hydrazine groups is 1. The maximum absolute atomic E-state index is 8.95. The van der Waals surface area contributed by atoms with E-state index in [1.165, 1.54) is 6.20 Å². The zero-order valence-corrected chi connectivity index (χ0v) is 9.34. The van der Waals surface area contributed by atoms with Crippen molar-refractivity contribution in [3.63, 3.8) is 0 Å². The van der Waals surface area contributed by atoms with Crippen LogP contribution < -0.4 is 11.3 Å². The molecule has 80 valence electrons. The first-order valence-corrected chi connectivity index (χ1v) is 5.01. The molecule has 16 heavy (non-hydrogen) atoms. The number of halogens is 1. The Hall–Kier alpha value is -1.83. The molecule has 0 atom stereocenters. The molecule has 3 N–H and O–H groups in total. The third-order valence-electron chi connectivity index (χ3n) is 2.44. The molecular weight excluding hydrogens is 224 g/mol. The minimum atomic E-state index is 0.403. The number of nitrogen functional groups attached to an aromatic ring is 1. The standard InChI is InChI=1S/C11H9ClN4/c1-6-2-3-8(12)11-9(6)10(16-14)7(4-13)5-15-11/h2-3,5H,14H2,1H3,(H,15,16). The van der Waals surface area contributed by atoms with Gasteiger partial charge in [-0.2, -0.15) is 5.26 Å². The van der Waals surface area contributed by atoms with Gasteiger partial charge in [0.2, 0.25) is 0 Å². The van der Waals surface area contributed by atoms with Gasteiger partial charge >= 0.3 is 0 Å². The first kappa shape index (κ1) is 10.7. The molecule has 1 aromatic carbocycles. The summed E-state index contributed by atoms with van der Waals surface area (Å²) in [5, 5.41) is 10.3. The lowest BCUT2D eigenvalue weighted by atomic mass is 10.1. The third kappa shape index (κ3) is 1.47. The summed E-state index contributed by atoms with van der Waals surface area (Å²) >= 11 is 6.04. The number of nitrogens with zero attached hydrogens (tertiary/aromatic N) is 2. The van der Waals surface area contributed by atoms with E-state index in [2.05, 4.69) is 10.4 Å². The molecule has 0 spiro atoms. The van der Waals surface area contributed by atoms with Crippen molar-refractivity contribution >= 4 is 28.2 Å². The topological polar surface area (TPSA) is 74.7 Å². The molecule has 2 rings (SSSR count). The van der Waals surface area contributed by atoms with Crippen LogP contribution in [0, 0.1) is 18.3 Å². The van der Waals surface area contributed by atoms with Gasteiger partial charge in [0, 0.05) is 11.6 Å². The van der Waals surface area contributed by atoms with Crippen molar-refractivity contribution < 1.29 is 0 Å². The van der Waals surface area contributed by atoms with Crippen LogP contribution in [0.15, 0.2) is 18.3 Å². The quantitative estimate of drug-likeness (QED) is 0.585. The van der Waals surface area contributed by atoms with Gasteiger partial charge in [0.05, 0.1) is 21.8 Å². The molecule has 0 saturated heterocycles. The lowest BCUT2D eigenvalue weighted by Gasteiger charge is -2.10. The Morgan fingerprint density at radius 2 is 2.25 bits per heavy atom. The van der Waals surface area contributed by atoms with Gasteiger partial charge in [-0.15, -0.1) is 0 Å². The van der Waals surface area contributed by atoms with Crippen LogP contribution in [0.4, 0.5) is 5.69 Å². The highest BCUT2D eigenvalue weighted by atomic mass is 35.5. The van der Waals surface area contributed by atoms with E-state index in [0.717, 1.165) is 10.9 Å². The SMILES string of the molecule is Cc1ccc(Cl)c2ncc(C#N)c(NN)c12. The van der Waals surface area contributed by atoms with Gasteiger partial charge in [-0.1, -0.05) is 17.7 Å². The van der Waals surface area contributed by atoms with Gasteiger partial charge in [-0.05, 0) is 18.6 Å². The molecule has 0 saturated carbocycles. The Bertz CT molecular complexity index is 601. The van der Waals surface area contributed by atoms with Crippen LogP contribution in [0.1, 0.15) is 11.1 Å². The summed E-state index contributed by atoms with van der Waals surface area (Å²) in [4.78, 5) is 4.17. The number of nitrogens with two attached hydrogens (primary N) is 1. The van der Waals surface area contributed by atoms with Gasteiger partial charge in [-0.25, -0.2) is 0 Å². The van der Waals surface area contributed by atoms with E-state index in [4.69, 9.17) is 22.7 Å². The van der Waals surface area contributed by atoms with Crippen LogP contribution in [0.3, 0.4) is 0 Å². The summed E-state index contributed by atoms with van der Waals surface area (Å²) in [6, 6.07) is 5.68. The van der Waals surface area contributed by atoms with E-state index in [1.54, 1.807) is 6.07 Å². The highest BCUT2D eigenvalue weighted by Gasteiger charge is 2.11. The fraction of sp³-hybridized carbons (Fsp3) is 0.0909. The lowest BCUT2D eigenvalue weighted by Crippen LogP contribution is -2.10. The van der Waals surface area contributed by atoms with Crippen LogP contribution >= 0.6 is 11.6 Å². The number of nitriles is 1. The first-order valence-electron chi connectivity index (χ1n) is 4.63. The molecule has 0 aliphatic heterocycles. The van der Waals surface area contributed by atoms with Gasteiger partial charge in [0.15, 0.2) is 0 Å². The number of anilines is 1. The highest BCUT2D eigenvalue weighted by Crippen LogP contribution is 2.31. The second-order valence-electron chi connectivity index (χ2n) is 3.39. The molecule has 4 nitrogen and oxygen atoms in total. The summed E-state index contributed by atoms with van der Waals surface area (Å²) in [5.74, 6) is 5.44. The maximum Gasteiger partial charge on any atom is 0.103 e. The molecular formula is C11H9ClN4. The van der Waals surface area contributed by atoms with Crippen molar-refractivity contribution in [2.75, 3.05) is 5.43 Å². The zero-order valence-electron chi connectivity index (χ0n) is 8.58. The Kier molecular flexibility index (Phi) is 2.65. The van der Waals surface area contributed by atoms with Crippen molar-refractivity contribution in [3.05, 3.63) is 34.5 Å². The number of hydrogen-bond donors (Lipinski definition) is 2. The van der Waals surface area contributed by atoms with E-state index >= 15 is 0 Å². The van der Waals surface area contributed by atoms with Crippen LogP contribution in [0.5, 0.6) is 0 Å². The molecule has 0 fully saturated rings. The van der Waals surface area contributed by atoms with E-state index in [1.807, 2.05) is 19.1 Å². The summed E-state index contributed by atoms with van der Waals surface area (Å²) in [6.07, 6.45) is 1.46. The number of aryl methyl sites for hydroxylation is 1. The second kappa shape index (κ2) is 3.97. The third-order valence-corrected chi connectivity index (χ3v) is 2.75. The van der Waals surface area contributed by atoms with Gasteiger partial charge in [0.25, 0.3) is 0 Å². The monoisotopic (exact) mass is 232 g/mol. The molecule has 0 amide bonds. The molecule has 2 aromatic rings. The predicted octanol–water partition coefficient (Wildman–Crippen LogP) is 2.35. The molecule has 0 radical (unpaired) electrons. The minimum Gasteiger partial charge on any atom is -0.322 e. The van der Waals surface area contributed by atoms with Crippen molar-refractivity contribution in [1.82, 2.24) is 4.98 Å². The molecule has 0 bridgehead atoms. The fourth-order valence-electron chi connectivity index (χ4n) is 1.67. The van der Waals surface area contributed by atoms with Crippen LogP contribution in [0.25, 0.3) is 10.9 Å². The summed E-state index contributed by atoms with van der Waals surface area (Å²) in [7, 11) is 0. The van der Waals surface area contributed by atoms with Crippen molar-refractivity contribution in [2.45, 2.75) is 6.92 Å². The average molecular weight is 233 g/mol. The van der Waals surface area contributed by atoms with Crippen LogP contribution in [-0.4, -0.2) is 4.98 Å². The fourth-order valence-corrected chi connectivity index (χ4v) is 1.88. The smallest absolute Gasteiger partial charge is 0.103 e. The number of aromatic nitrogens is 1. The molecule has 1 heterocycles. The number of benzene rings is 1. The molecule has 0 aliphatic rings. The number of hydrogen-bond acceptors (Lipinski definition) is 4. The Morgan fingerprint density at radius 1 is 1.50 bits per heavy atom. The van der Waals surface area contributed by atoms with Crippen molar-refractivity contribution in [2.24, 2.45) is 5.84 Å². The van der Waals surface area contributed by atoms with Gasteiger partial charge in [-0.3, -0.25) is 10.8 Å². The number of fused-ring (bicyclic) bond motifs is 1. The molecule has 0 unspecified atom stereocenters. The number of pyridine rings is 1. The van der Waals surface area contributed by atoms with E-state index in [9.17, 15) is 0 Å². The van der Waals surface area contributed by atoms with Crippen molar-refractivity contribution in [3.8, 4) is 6.07 Å². The van der Waals surface area contributed by atoms with E-state index < -0.39 is 0 Å². The zero-order chi connectivity index (χ0) is 11.7. The van der Waals surface area contributed by atoms with Gasteiger partial charge < -0.3 is 5.43 Å². The number of rotatable bonds is 1. The van der Waals surface area contributed by atoms with Crippen LogP contribution in [-0.2, 0) is 0 Å².